The summed E-state index contributed by atoms with van der Waals surface area (Å²) in [6.45, 7) is 4.02. The molecule has 27 heavy (non-hydrogen) atoms. The van der Waals surface area contributed by atoms with Crippen LogP contribution in [-0.4, -0.2) is 33.6 Å². The number of carboxylic acids is 1. The number of rotatable bonds is 5. The largest absolute Gasteiger partial charge is 0.478 e. The van der Waals surface area contributed by atoms with Crippen molar-refractivity contribution >= 4 is 56.5 Å². The van der Waals surface area contributed by atoms with Crippen LogP contribution in [0.2, 0.25) is 0 Å². The molecule has 136 valence electrons. The monoisotopic (exact) mass is 442 g/mol. The molecule has 0 aliphatic carbocycles. The van der Waals surface area contributed by atoms with E-state index in [1.807, 2.05) is 30.3 Å². The van der Waals surface area contributed by atoms with Crippen LogP contribution in [0.15, 0.2) is 75.6 Å². The van der Waals surface area contributed by atoms with Crippen molar-refractivity contribution in [3.05, 3.63) is 81.7 Å². The van der Waals surface area contributed by atoms with Gasteiger partial charge >= 0.3 is 5.97 Å². The summed E-state index contributed by atoms with van der Waals surface area (Å²) in [7, 11) is 0. The molecule has 0 aromatic heterocycles. The Morgan fingerprint density at radius 2 is 2.00 bits per heavy atom. The van der Waals surface area contributed by atoms with Gasteiger partial charge in [0.2, 0.25) is 0 Å². The average molecular weight is 443 g/mol. The molecule has 2 aromatic rings. The highest BCUT2D eigenvalue weighted by Gasteiger charge is 2.32. The number of amidine groups is 1. The number of benzene rings is 2. The van der Waals surface area contributed by atoms with Crippen molar-refractivity contribution in [2.75, 3.05) is 6.54 Å². The van der Waals surface area contributed by atoms with Crippen LogP contribution < -0.4 is 0 Å². The van der Waals surface area contributed by atoms with Gasteiger partial charge in [-0.15, -0.1) is 6.58 Å². The van der Waals surface area contributed by atoms with E-state index in [0.717, 1.165) is 10.0 Å². The van der Waals surface area contributed by atoms with Crippen LogP contribution in [-0.2, 0) is 4.79 Å². The van der Waals surface area contributed by atoms with Gasteiger partial charge in [0.25, 0.3) is 5.91 Å². The number of carboxylic acid groups (broad SMARTS) is 1. The van der Waals surface area contributed by atoms with E-state index in [0.29, 0.717) is 22.3 Å². The normalized spacial score (nSPS) is 16.9. The van der Waals surface area contributed by atoms with E-state index in [1.165, 1.54) is 28.8 Å². The average Bonchev–Trinajstić information content (AvgIpc) is 2.93. The number of aliphatic imine (C=N–C) groups is 1. The van der Waals surface area contributed by atoms with Gasteiger partial charge in [-0.2, -0.15) is 0 Å². The Balaban J connectivity index is 1.95. The summed E-state index contributed by atoms with van der Waals surface area (Å²) in [4.78, 5) is 30.4. The molecule has 0 radical (unpaired) electrons. The van der Waals surface area contributed by atoms with Crippen LogP contribution in [0.5, 0.6) is 0 Å². The molecular formula is C20H15BrN2O3S. The topological polar surface area (TPSA) is 70.0 Å². The van der Waals surface area contributed by atoms with Crippen molar-refractivity contribution in [3.8, 4) is 0 Å². The molecule has 1 N–H and O–H groups in total. The Morgan fingerprint density at radius 3 is 2.67 bits per heavy atom. The zero-order valence-electron chi connectivity index (χ0n) is 14.1. The number of thioether (sulfide) groups is 1. The molecule has 1 saturated heterocycles. The van der Waals surface area contributed by atoms with Gasteiger partial charge in [0.05, 0.1) is 16.2 Å². The van der Waals surface area contributed by atoms with E-state index < -0.39 is 5.97 Å². The molecule has 0 atom stereocenters. The lowest BCUT2D eigenvalue weighted by molar-refractivity contribution is -0.121. The highest BCUT2D eigenvalue weighted by atomic mass is 79.9. The van der Waals surface area contributed by atoms with E-state index in [-0.39, 0.29) is 11.5 Å². The smallest absolute Gasteiger partial charge is 0.335 e. The maximum absolute atomic E-state index is 12.7. The Bertz CT molecular complexity index is 967. The lowest BCUT2D eigenvalue weighted by Crippen LogP contribution is -2.29. The summed E-state index contributed by atoms with van der Waals surface area (Å²) >= 11 is 4.65. The molecule has 0 saturated carbocycles. The van der Waals surface area contributed by atoms with Gasteiger partial charge < -0.3 is 5.11 Å². The lowest BCUT2D eigenvalue weighted by atomic mass is 10.2. The van der Waals surface area contributed by atoms with Crippen molar-refractivity contribution < 1.29 is 14.7 Å². The second-order valence-electron chi connectivity index (χ2n) is 5.62. The summed E-state index contributed by atoms with van der Waals surface area (Å²) < 4.78 is 0.962. The van der Waals surface area contributed by atoms with Crippen molar-refractivity contribution in [3.63, 3.8) is 0 Å². The number of hydrogen-bond donors (Lipinski definition) is 1. The fourth-order valence-corrected chi connectivity index (χ4v) is 3.68. The maximum Gasteiger partial charge on any atom is 0.335 e. The minimum Gasteiger partial charge on any atom is -0.478 e. The molecule has 5 nitrogen and oxygen atoms in total. The number of nitrogens with zero attached hydrogens (tertiary/aromatic N) is 2. The molecule has 0 bridgehead atoms. The molecule has 1 fully saturated rings. The van der Waals surface area contributed by atoms with E-state index in [9.17, 15) is 9.59 Å². The first kappa shape index (κ1) is 19.1. The number of aromatic carboxylic acids is 1. The molecule has 2 aromatic carbocycles. The number of carbonyl (C=O) groups excluding carboxylic acids is 1. The quantitative estimate of drug-likeness (QED) is 0.525. The highest BCUT2D eigenvalue weighted by Crippen LogP contribution is 2.34. The number of carbonyl (C=O) groups is 2. The molecule has 0 unspecified atom stereocenters. The Kier molecular flexibility index (Phi) is 5.93. The molecule has 3 rings (SSSR count). The zero-order valence-corrected chi connectivity index (χ0v) is 16.5. The fourth-order valence-electron chi connectivity index (χ4n) is 2.41. The third-order valence-electron chi connectivity index (χ3n) is 3.69. The number of amides is 1. The third kappa shape index (κ3) is 4.56. The third-order valence-corrected chi connectivity index (χ3v) is 5.22. The summed E-state index contributed by atoms with van der Waals surface area (Å²) in [5.41, 5.74) is 1.53. The SMILES string of the molecule is C=CCN1C(=O)/C(=C/c2ccc(Br)cc2)SC1=Nc1cccc(C(=O)O)c1. The Hall–Kier alpha value is -2.64. The minimum atomic E-state index is -1.02. The zero-order chi connectivity index (χ0) is 19.4. The predicted molar refractivity (Wildman–Crippen MR) is 112 cm³/mol. The van der Waals surface area contributed by atoms with Gasteiger partial charge in [-0.25, -0.2) is 9.79 Å². The van der Waals surface area contributed by atoms with Crippen LogP contribution in [0, 0.1) is 0 Å². The van der Waals surface area contributed by atoms with E-state index >= 15 is 0 Å². The van der Waals surface area contributed by atoms with Gasteiger partial charge in [0.15, 0.2) is 5.17 Å². The molecule has 1 aliphatic heterocycles. The van der Waals surface area contributed by atoms with E-state index in [4.69, 9.17) is 5.11 Å². The number of halogens is 1. The standard InChI is InChI=1S/C20H15BrN2O3S/c1-2-10-23-18(24)17(11-13-6-8-15(21)9-7-13)27-20(23)22-16-5-3-4-14(12-16)19(25)26/h2-9,11-12H,1,10H2,(H,25,26)/b17-11-,22-20?. The van der Waals surface area contributed by atoms with Crippen LogP contribution in [0.3, 0.4) is 0 Å². The van der Waals surface area contributed by atoms with Gasteiger partial charge in [-0.1, -0.05) is 40.2 Å². The van der Waals surface area contributed by atoms with E-state index in [1.54, 1.807) is 18.2 Å². The van der Waals surface area contributed by atoms with Crippen molar-refractivity contribution in [2.24, 2.45) is 4.99 Å². The van der Waals surface area contributed by atoms with Crippen LogP contribution in [0.4, 0.5) is 5.69 Å². The van der Waals surface area contributed by atoms with Crippen molar-refractivity contribution in [1.29, 1.82) is 0 Å². The van der Waals surface area contributed by atoms with Crippen molar-refractivity contribution in [1.82, 2.24) is 4.90 Å². The molecule has 0 spiro atoms. The first-order valence-electron chi connectivity index (χ1n) is 7.98. The van der Waals surface area contributed by atoms with Crippen LogP contribution >= 0.6 is 27.7 Å². The highest BCUT2D eigenvalue weighted by molar-refractivity contribution is 9.10. The summed E-state index contributed by atoms with van der Waals surface area (Å²) in [5, 5.41) is 9.62. The van der Waals surface area contributed by atoms with Gasteiger partial charge in [0.1, 0.15) is 0 Å². The molecule has 1 aliphatic rings. The summed E-state index contributed by atoms with van der Waals surface area (Å²) in [6, 6.07) is 13.9. The molecule has 7 heteroatoms. The Labute approximate surface area is 169 Å². The minimum absolute atomic E-state index is 0.145. The second-order valence-corrected chi connectivity index (χ2v) is 7.54. The first-order chi connectivity index (χ1) is 13.0. The van der Waals surface area contributed by atoms with Crippen LogP contribution in [0.1, 0.15) is 15.9 Å². The molecule has 1 amide bonds. The molecular weight excluding hydrogens is 428 g/mol. The Morgan fingerprint density at radius 1 is 1.26 bits per heavy atom. The predicted octanol–water partition coefficient (Wildman–Crippen LogP) is 4.94. The summed E-state index contributed by atoms with van der Waals surface area (Å²) in [6.07, 6.45) is 3.44. The summed E-state index contributed by atoms with van der Waals surface area (Å²) in [5.74, 6) is -1.18. The van der Waals surface area contributed by atoms with Gasteiger partial charge in [0, 0.05) is 11.0 Å². The maximum atomic E-state index is 12.7. The van der Waals surface area contributed by atoms with Gasteiger partial charge in [-0.05, 0) is 53.7 Å². The van der Waals surface area contributed by atoms with Crippen molar-refractivity contribution in [2.45, 2.75) is 0 Å². The van der Waals surface area contributed by atoms with E-state index in [2.05, 4.69) is 27.5 Å². The first-order valence-corrected chi connectivity index (χ1v) is 9.59. The second kappa shape index (κ2) is 8.37. The van der Waals surface area contributed by atoms with Crippen LogP contribution in [0.25, 0.3) is 6.08 Å². The molecule has 1 heterocycles. The lowest BCUT2D eigenvalue weighted by Gasteiger charge is -2.12. The van der Waals surface area contributed by atoms with Gasteiger partial charge in [-0.3, -0.25) is 9.69 Å². The number of hydrogen-bond acceptors (Lipinski definition) is 4. The fraction of sp³-hybridized carbons (Fsp3) is 0.0500.